The van der Waals surface area contributed by atoms with E-state index >= 15 is 0 Å². The van der Waals surface area contributed by atoms with Crippen molar-refractivity contribution in [1.29, 1.82) is 0 Å². The summed E-state index contributed by atoms with van der Waals surface area (Å²) in [6.45, 7) is 1.13. The van der Waals surface area contributed by atoms with E-state index in [9.17, 15) is 14.7 Å². The Morgan fingerprint density at radius 3 is 2.89 bits per heavy atom. The zero-order chi connectivity index (χ0) is 13.0. The molecule has 1 aliphatic rings. The maximum Gasteiger partial charge on any atom is 0.271 e. The van der Waals surface area contributed by atoms with Crippen molar-refractivity contribution >= 4 is 5.91 Å². The first-order valence-corrected chi connectivity index (χ1v) is 5.72. The van der Waals surface area contributed by atoms with Crippen molar-refractivity contribution in [2.24, 2.45) is 0 Å². The molecule has 1 saturated heterocycles. The second-order valence-corrected chi connectivity index (χ2v) is 4.32. The third-order valence-electron chi connectivity index (χ3n) is 2.91. The molecule has 0 bridgehead atoms. The van der Waals surface area contributed by atoms with E-state index in [1.807, 2.05) is 0 Å². The van der Waals surface area contributed by atoms with E-state index in [4.69, 9.17) is 4.74 Å². The smallest absolute Gasteiger partial charge is 0.271 e. The Bertz CT molecular complexity index is 459. The molecule has 0 radical (unpaired) electrons. The van der Waals surface area contributed by atoms with Crippen LogP contribution in [0.1, 0.15) is 23.3 Å². The van der Waals surface area contributed by atoms with Gasteiger partial charge in [0.05, 0.1) is 11.8 Å². The van der Waals surface area contributed by atoms with Gasteiger partial charge in [0, 0.05) is 38.8 Å². The second kappa shape index (κ2) is 5.28. The molecule has 0 aliphatic carbocycles. The number of aromatic nitrogens is 2. The van der Waals surface area contributed by atoms with Gasteiger partial charge < -0.3 is 20.1 Å². The molecule has 1 fully saturated rings. The van der Waals surface area contributed by atoms with Crippen molar-refractivity contribution in [3.63, 3.8) is 0 Å². The highest BCUT2D eigenvalue weighted by Gasteiger charge is 2.30. The Morgan fingerprint density at radius 2 is 2.28 bits per heavy atom. The van der Waals surface area contributed by atoms with Gasteiger partial charge in [-0.1, -0.05) is 0 Å². The van der Waals surface area contributed by atoms with Crippen LogP contribution in [0.15, 0.2) is 17.2 Å². The molecule has 2 rings (SSSR count). The third-order valence-corrected chi connectivity index (χ3v) is 2.91. The van der Waals surface area contributed by atoms with E-state index in [2.05, 4.69) is 15.3 Å². The van der Waals surface area contributed by atoms with Gasteiger partial charge in [0.1, 0.15) is 5.69 Å². The van der Waals surface area contributed by atoms with Crippen LogP contribution in [0, 0.1) is 0 Å². The molecule has 2 heterocycles. The number of rotatable bonds is 3. The number of carbonyl (C=O) groups excluding carboxylic acids is 1. The van der Waals surface area contributed by atoms with Crippen molar-refractivity contribution in [3.8, 4) is 0 Å². The molecule has 0 atom stereocenters. The van der Waals surface area contributed by atoms with E-state index in [1.165, 1.54) is 6.20 Å². The molecule has 1 aromatic heterocycles. The summed E-state index contributed by atoms with van der Waals surface area (Å²) in [7, 11) is 0. The van der Waals surface area contributed by atoms with Crippen LogP contribution in [0.25, 0.3) is 0 Å². The normalized spacial score (nSPS) is 18.3. The van der Waals surface area contributed by atoms with Crippen LogP contribution in [0.2, 0.25) is 0 Å². The summed E-state index contributed by atoms with van der Waals surface area (Å²) in [4.78, 5) is 28.6. The molecule has 0 saturated carbocycles. The Labute approximate surface area is 103 Å². The third kappa shape index (κ3) is 3.14. The fourth-order valence-corrected chi connectivity index (χ4v) is 1.73. The summed E-state index contributed by atoms with van der Waals surface area (Å²) in [5.74, 6) is -0.425. The van der Waals surface area contributed by atoms with Crippen molar-refractivity contribution < 1.29 is 14.6 Å². The molecular weight excluding hydrogens is 238 g/mol. The molecule has 98 valence electrons. The first-order valence-electron chi connectivity index (χ1n) is 5.72. The van der Waals surface area contributed by atoms with E-state index in [-0.39, 0.29) is 17.8 Å². The topological polar surface area (TPSA) is 104 Å². The van der Waals surface area contributed by atoms with Crippen LogP contribution >= 0.6 is 0 Å². The van der Waals surface area contributed by atoms with E-state index in [1.54, 1.807) is 0 Å². The Kier molecular flexibility index (Phi) is 3.73. The van der Waals surface area contributed by atoms with E-state index < -0.39 is 11.5 Å². The van der Waals surface area contributed by atoms with Crippen molar-refractivity contribution in [3.05, 3.63) is 28.4 Å². The summed E-state index contributed by atoms with van der Waals surface area (Å²) in [6, 6.07) is 0. The second-order valence-electron chi connectivity index (χ2n) is 4.32. The maximum absolute atomic E-state index is 11.7. The number of H-pyrrole nitrogens is 1. The number of nitrogens with one attached hydrogen (secondary N) is 2. The van der Waals surface area contributed by atoms with Crippen LogP contribution in [-0.2, 0) is 4.74 Å². The van der Waals surface area contributed by atoms with Crippen molar-refractivity contribution in [2.45, 2.75) is 18.4 Å². The summed E-state index contributed by atoms with van der Waals surface area (Å²) in [5, 5.41) is 12.7. The lowest BCUT2D eigenvalue weighted by atomic mass is 9.94. The monoisotopic (exact) mass is 253 g/mol. The predicted octanol–water partition coefficient (Wildman–Crippen LogP) is -0.959. The van der Waals surface area contributed by atoms with Gasteiger partial charge in [0.2, 0.25) is 0 Å². The number of aromatic amines is 1. The van der Waals surface area contributed by atoms with Gasteiger partial charge in [-0.25, -0.2) is 4.98 Å². The molecule has 0 spiro atoms. The van der Waals surface area contributed by atoms with Crippen LogP contribution < -0.4 is 10.9 Å². The Hall–Kier alpha value is -1.73. The fraction of sp³-hybridized carbons (Fsp3) is 0.545. The zero-order valence-electron chi connectivity index (χ0n) is 9.81. The van der Waals surface area contributed by atoms with Gasteiger partial charge in [-0.3, -0.25) is 9.59 Å². The fourth-order valence-electron chi connectivity index (χ4n) is 1.73. The zero-order valence-corrected chi connectivity index (χ0v) is 9.81. The first-order chi connectivity index (χ1) is 8.59. The Balaban J connectivity index is 1.91. The average molecular weight is 253 g/mol. The van der Waals surface area contributed by atoms with Crippen molar-refractivity contribution in [2.75, 3.05) is 19.8 Å². The number of ether oxygens (including phenoxy) is 1. The number of hydrogen-bond acceptors (Lipinski definition) is 5. The van der Waals surface area contributed by atoms with E-state index in [0.29, 0.717) is 26.1 Å². The lowest BCUT2D eigenvalue weighted by Crippen LogP contribution is -2.46. The lowest BCUT2D eigenvalue weighted by Gasteiger charge is -2.31. The largest absolute Gasteiger partial charge is 0.388 e. The minimum Gasteiger partial charge on any atom is -0.388 e. The van der Waals surface area contributed by atoms with Gasteiger partial charge >= 0.3 is 0 Å². The number of hydrogen-bond donors (Lipinski definition) is 3. The van der Waals surface area contributed by atoms with Gasteiger partial charge in [-0.2, -0.15) is 0 Å². The summed E-state index contributed by atoms with van der Waals surface area (Å²) < 4.78 is 5.14. The molecule has 7 heteroatoms. The molecule has 0 unspecified atom stereocenters. The molecule has 1 aromatic rings. The molecule has 1 aliphatic heterocycles. The Morgan fingerprint density at radius 1 is 1.56 bits per heavy atom. The van der Waals surface area contributed by atoms with Gasteiger partial charge in [0.25, 0.3) is 11.5 Å². The van der Waals surface area contributed by atoms with Crippen molar-refractivity contribution in [1.82, 2.24) is 15.3 Å². The van der Waals surface area contributed by atoms with Gasteiger partial charge in [-0.05, 0) is 0 Å². The number of carbonyl (C=O) groups is 1. The quantitative estimate of drug-likeness (QED) is 0.643. The summed E-state index contributed by atoms with van der Waals surface area (Å²) >= 11 is 0. The van der Waals surface area contributed by atoms with Gasteiger partial charge in [0.15, 0.2) is 0 Å². The molecule has 0 aromatic carbocycles. The van der Waals surface area contributed by atoms with Crippen LogP contribution in [0.5, 0.6) is 0 Å². The predicted molar refractivity (Wildman–Crippen MR) is 62.2 cm³/mol. The highest BCUT2D eigenvalue weighted by atomic mass is 16.5. The van der Waals surface area contributed by atoms with Crippen LogP contribution in [-0.4, -0.2) is 46.3 Å². The average Bonchev–Trinajstić information content (AvgIpc) is 2.38. The first kappa shape index (κ1) is 12.7. The molecular formula is C11H15N3O4. The van der Waals surface area contributed by atoms with Crippen LogP contribution in [0.4, 0.5) is 0 Å². The number of nitrogens with zero attached hydrogens (tertiary/aromatic N) is 1. The summed E-state index contributed by atoms with van der Waals surface area (Å²) in [5.41, 5.74) is -1.17. The summed E-state index contributed by atoms with van der Waals surface area (Å²) in [6.07, 6.45) is 3.27. The highest BCUT2D eigenvalue weighted by molar-refractivity contribution is 5.91. The minimum atomic E-state index is -0.921. The minimum absolute atomic E-state index is 0.116. The van der Waals surface area contributed by atoms with Gasteiger partial charge in [-0.15, -0.1) is 0 Å². The number of amides is 1. The molecule has 3 N–H and O–H groups in total. The lowest BCUT2D eigenvalue weighted by molar-refractivity contribution is -0.0605. The van der Waals surface area contributed by atoms with E-state index in [0.717, 1.165) is 6.20 Å². The molecule has 7 nitrogen and oxygen atoms in total. The molecule has 1 amide bonds. The maximum atomic E-state index is 11.7. The van der Waals surface area contributed by atoms with Crippen LogP contribution in [0.3, 0.4) is 0 Å². The highest BCUT2D eigenvalue weighted by Crippen LogP contribution is 2.19. The standard InChI is InChI=1S/C11H15N3O4/c15-9-6-12-8(5-13-9)10(16)14-7-11(17)1-3-18-4-2-11/h5-6,17H,1-4,7H2,(H,13,15)(H,14,16). The SMILES string of the molecule is O=C(NCC1(O)CCOCC1)c1c[nH]c(=O)cn1. The molecule has 18 heavy (non-hydrogen) atoms. The number of aliphatic hydroxyl groups is 1.